The number of rotatable bonds is 5. The third-order valence-corrected chi connectivity index (χ3v) is 2.09. The highest BCUT2D eigenvalue weighted by atomic mass is 14.9. The van der Waals surface area contributed by atoms with Gasteiger partial charge in [-0.25, -0.2) is 0 Å². The highest BCUT2D eigenvalue weighted by molar-refractivity contribution is 4.86. The monoisotopic (exact) mass is 169 g/mol. The number of hydrogen-bond donors (Lipinski definition) is 1. The summed E-state index contributed by atoms with van der Waals surface area (Å²) in [6.45, 7) is 13.9. The predicted octanol–water partition coefficient (Wildman–Crippen LogP) is 2.98. The van der Waals surface area contributed by atoms with Gasteiger partial charge in [0.2, 0.25) is 0 Å². The van der Waals surface area contributed by atoms with E-state index < -0.39 is 0 Å². The fourth-order valence-electron chi connectivity index (χ4n) is 1.23. The third kappa shape index (κ3) is 4.55. The Labute approximate surface area is 77.2 Å². The van der Waals surface area contributed by atoms with Crippen LogP contribution < -0.4 is 5.32 Å². The summed E-state index contributed by atoms with van der Waals surface area (Å²) in [6.07, 6.45) is 4.26. The molecular formula is C11H23N. The van der Waals surface area contributed by atoms with Crippen molar-refractivity contribution in [2.75, 3.05) is 6.54 Å². The van der Waals surface area contributed by atoms with Crippen molar-refractivity contribution in [3.05, 3.63) is 12.7 Å². The van der Waals surface area contributed by atoms with Crippen LogP contribution in [0.15, 0.2) is 12.7 Å². The van der Waals surface area contributed by atoms with Gasteiger partial charge in [0.05, 0.1) is 0 Å². The Morgan fingerprint density at radius 2 is 2.00 bits per heavy atom. The summed E-state index contributed by atoms with van der Waals surface area (Å²) < 4.78 is 0. The van der Waals surface area contributed by atoms with Gasteiger partial charge in [-0.05, 0) is 24.8 Å². The van der Waals surface area contributed by atoms with Gasteiger partial charge in [-0.3, -0.25) is 0 Å². The minimum atomic E-state index is 0.337. The van der Waals surface area contributed by atoms with Crippen LogP contribution in [0.2, 0.25) is 0 Å². The first kappa shape index (κ1) is 11.7. The van der Waals surface area contributed by atoms with Gasteiger partial charge in [-0.15, -0.1) is 6.58 Å². The van der Waals surface area contributed by atoms with Gasteiger partial charge in [-0.2, -0.15) is 0 Å². The molecule has 0 spiro atoms. The van der Waals surface area contributed by atoms with Crippen molar-refractivity contribution >= 4 is 0 Å². The maximum atomic E-state index is 3.78. The summed E-state index contributed by atoms with van der Waals surface area (Å²) in [6, 6.07) is 0.565. The minimum absolute atomic E-state index is 0.337. The van der Waals surface area contributed by atoms with Crippen LogP contribution >= 0.6 is 0 Å². The van der Waals surface area contributed by atoms with Crippen LogP contribution in [0.3, 0.4) is 0 Å². The van der Waals surface area contributed by atoms with Gasteiger partial charge < -0.3 is 5.32 Å². The second-order valence-electron chi connectivity index (χ2n) is 4.40. The van der Waals surface area contributed by atoms with Gasteiger partial charge in [0.25, 0.3) is 0 Å². The van der Waals surface area contributed by atoms with Crippen LogP contribution in [0, 0.1) is 5.41 Å². The molecule has 1 heteroatoms. The first-order chi connectivity index (χ1) is 5.52. The largest absolute Gasteiger partial charge is 0.313 e. The Bertz CT molecular complexity index is 121. The van der Waals surface area contributed by atoms with Crippen LogP contribution in [-0.2, 0) is 0 Å². The molecule has 1 unspecified atom stereocenters. The van der Waals surface area contributed by atoms with E-state index in [4.69, 9.17) is 0 Å². The third-order valence-electron chi connectivity index (χ3n) is 2.09. The fraction of sp³-hybridized carbons (Fsp3) is 0.818. The molecule has 0 radical (unpaired) electrons. The lowest BCUT2D eigenvalue weighted by molar-refractivity contribution is 0.270. The molecule has 0 aromatic heterocycles. The van der Waals surface area contributed by atoms with Gasteiger partial charge in [-0.1, -0.05) is 33.8 Å². The summed E-state index contributed by atoms with van der Waals surface area (Å²) in [5.41, 5.74) is 0.337. The van der Waals surface area contributed by atoms with Gasteiger partial charge >= 0.3 is 0 Å². The van der Waals surface area contributed by atoms with Crippen molar-refractivity contribution in [1.29, 1.82) is 0 Å². The Morgan fingerprint density at radius 1 is 1.42 bits per heavy atom. The summed E-state index contributed by atoms with van der Waals surface area (Å²) in [5, 5.41) is 3.54. The minimum Gasteiger partial charge on any atom is -0.313 e. The van der Waals surface area contributed by atoms with E-state index >= 15 is 0 Å². The average Bonchev–Trinajstić information content (AvgIpc) is 1.95. The highest BCUT2D eigenvalue weighted by Gasteiger charge is 2.21. The lowest BCUT2D eigenvalue weighted by Gasteiger charge is -2.30. The van der Waals surface area contributed by atoms with Crippen LogP contribution in [0.1, 0.15) is 40.5 Å². The lowest BCUT2D eigenvalue weighted by Crippen LogP contribution is -2.40. The summed E-state index contributed by atoms with van der Waals surface area (Å²) in [4.78, 5) is 0. The molecule has 12 heavy (non-hydrogen) atoms. The molecule has 1 nitrogen and oxygen atoms in total. The molecule has 0 heterocycles. The standard InChI is InChI=1S/C11H23N/c1-6-8-10(11(3,4)5)12-9-7-2/h6,10,12H,1,7-9H2,2-5H3. The van der Waals surface area contributed by atoms with E-state index in [1.807, 2.05) is 6.08 Å². The van der Waals surface area contributed by atoms with E-state index in [2.05, 4.69) is 39.6 Å². The maximum absolute atomic E-state index is 3.78. The molecule has 0 saturated carbocycles. The smallest absolute Gasteiger partial charge is 0.0150 e. The van der Waals surface area contributed by atoms with E-state index in [-0.39, 0.29) is 0 Å². The van der Waals surface area contributed by atoms with Crippen molar-refractivity contribution in [3.63, 3.8) is 0 Å². The van der Waals surface area contributed by atoms with Gasteiger partial charge in [0.15, 0.2) is 0 Å². The normalized spacial score (nSPS) is 14.3. The summed E-state index contributed by atoms with van der Waals surface area (Å²) in [7, 11) is 0. The fourth-order valence-corrected chi connectivity index (χ4v) is 1.23. The van der Waals surface area contributed by atoms with Crippen LogP contribution in [0.25, 0.3) is 0 Å². The second kappa shape index (κ2) is 5.36. The molecule has 0 aromatic rings. The van der Waals surface area contributed by atoms with Crippen molar-refractivity contribution in [1.82, 2.24) is 5.32 Å². The Kier molecular flexibility index (Phi) is 5.23. The SMILES string of the molecule is C=CCC(NCCC)C(C)(C)C. The van der Waals surface area contributed by atoms with Crippen molar-refractivity contribution in [2.24, 2.45) is 5.41 Å². The van der Waals surface area contributed by atoms with Gasteiger partial charge in [0.1, 0.15) is 0 Å². The molecule has 0 aromatic carbocycles. The molecule has 72 valence electrons. The molecule has 0 bridgehead atoms. The summed E-state index contributed by atoms with van der Waals surface area (Å²) >= 11 is 0. The topological polar surface area (TPSA) is 12.0 Å². The summed E-state index contributed by atoms with van der Waals surface area (Å²) in [5.74, 6) is 0. The molecule has 0 fully saturated rings. The number of hydrogen-bond acceptors (Lipinski definition) is 1. The second-order valence-corrected chi connectivity index (χ2v) is 4.40. The number of nitrogens with one attached hydrogen (secondary N) is 1. The Balaban J connectivity index is 3.94. The van der Waals surface area contributed by atoms with E-state index in [1.165, 1.54) is 6.42 Å². The van der Waals surface area contributed by atoms with Crippen LogP contribution in [0.4, 0.5) is 0 Å². The molecule has 0 aliphatic carbocycles. The Hall–Kier alpha value is -0.300. The molecule has 0 amide bonds. The molecule has 1 N–H and O–H groups in total. The Morgan fingerprint density at radius 3 is 2.33 bits per heavy atom. The molecule has 0 aliphatic rings. The van der Waals surface area contributed by atoms with E-state index in [9.17, 15) is 0 Å². The first-order valence-corrected chi connectivity index (χ1v) is 4.86. The lowest BCUT2D eigenvalue weighted by atomic mass is 9.85. The zero-order valence-corrected chi connectivity index (χ0v) is 8.98. The first-order valence-electron chi connectivity index (χ1n) is 4.86. The van der Waals surface area contributed by atoms with E-state index in [0.29, 0.717) is 11.5 Å². The highest BCUT2D eigenvalue weighted by Crippen LogP contribution is 2.21. The maximum Gasteiger partial charge on any atom is 0.0150 e. The molecule has 1 atom stereocenters. The average molecular weight is 169 g/mol. The predicted molar refractivity (Wildman–Crippen MR) is 56.4 cm³/mol. The molecule has 0 rings (SSSR count). The zero-order valence-electron chi connectivity index (χ0n) is 8.98. The van der Waals surface area contributed by atoms with Crippen molar-refractivity contribution in [2.45, 2.75) is 46.6 Å². The van der Waals surface area contributed by atoms with Gasteiger partial charge in [0, 0.05) is 6.04 Å². The molecular weight excluding hydrogens is 146 g/mol. The molecule has 0 aliphatic heterocycles. The van der Waals surface area contributed by atoms with E-state index in [0.717, 1.165) is 13.0 Å². The van der Waals surface area contributed by atoms with Crippen LogP contribution in [-0.4, -0.2) is 12.6 Å². The van der Waals surface area contributed by atoms with Crippen molar-refractivity contribution in [3.8, 4) is 0 Å². The quantitative estimate of drug-likeness (QED) is 0.624. The van der Waals surface area contributed by atoms with Crippen LogP contribution in [0.5, 0.6) is 0 Å². The zero-order chi connectivity index (χ0) is 9.61. The van der Waals surface area contributed by atoms with Crippen molar-refractivity contribution < 1.29 is 0 Å². The molecule has 0 saturated heterocycles. The van der Waals surface area contributed by atoms with E-state index in [1.54, 1.807) is 0 Å².